The second-order valence-corrected chi connectivity index (χ2v) is 5.73. The molecule has 1 heterocycles. The molecule has 1 atom stereocenters. The van der Waals surface area contributed by atoms with Gasteiger partial charge in [-0.15, -0.1) is 0 Å². The van der Waals surface area contributed by atoms with E-state index in [1.165, 1.54) is 0 Å². The number of guanidine groups is 1. The number of hydrogen-bond acceptors (Lipinski definition) is 3. The monoisotopic (exact) mass is 305 g/mol. The van der Waals surface area contributed by atoms with Crippen LogP contribution in [0.15, 0.2) is 29.5 Å². The second kappa shape index (κ2) is 9.76. The third-order valence-electron chi connectivity index (χ3n) is 3.15. The number of hydrogen-bond donors (Lipinski definition) is 3. The van der Waals surface area contributed by atoms with Gasteiger partial charge in [0.25, 0.3) is 0 Å². The predicted octanol–water partition coefficient (Wildman–Crippen LogP) is 2.01. The van der Waals surface area contributed by atoms with Crippen LogP contribution in [-0.4, -0.2) is 36.5 Å². The quantitative estimate of drug-likeness (QED) is 0.532. The van der Waals surface area contributed by atoms with E-state index in [4.69, 9.17) is 0 Å². The van der Waals surface area contributed by atoms with E-state index >= 15 is 0 Å². The average molecular weight is 305 g/mol. The number of aliphatic imine (C=N–C) groups is 1. The summed E-state index contributed by atoms with van der Waals surface area (Å²) in [6.45, 7) is 6.70. The lowest BCUT2D eigenvalue weighted by Gasteiger charge is -2.18. The van der Waals surface area contributed by atoms with Gasteiger partial charge in [-0.2, -0.15) is 0 Å². The molecule has 1 aromatic rings. The molecule has 0 saturated heterocycles. The van der Waals surface area contributed by atoms with E-state index in [9.17, 15) is 4.79 Å². The maximum Gasteiger partial charge on any atom is 0.243 e. The molecule has 0 aliphatic rings. The molecule has 0 aliphatic carbocycles. The zero-order valence-electron chi connectivity index (χ0n) is 13.9. The zero-order valence-corrected chi connectivity index (χ0v) is 13.9. The highest BCUT2D eigenvalue weighted by Gasteiger charge is 2.08. The van der Waals surface area contributed by atoms with E-state index in [1.54, 1.807) is 31.6 Å². The molecule has 6 heteroatoms. The molecule has 1 aromatic heterocycles. The molecule has 0 aliphatic heterocycles. The van der Waals surface area contributed by atoms with Crippen LogP contribution >= 0.6 is 0 Å². The first-order chi connectivity index (χ1) is 10.5. The molecule has 0 bridgehead atoms. The highest BCUT2D eigenvalue weighted by molar-refractivity contribution is 5.94. The van der Waals surface area contributed by atoms with E-state index < -0.39 is 0 Å². The first kappa shape index (κ1) is 17.9. The fraction of sp³-hybridized carbons (Fsp3) is 0.562. The van der Waals surface area contributed by atoms with E-state index in [0.717, 1.165) is 12.8 Å². The predicted molar refractivity (Wildman–Crippen MR) is 90.9 cm³/mol. The normalized spacial score (nSPS) is 12.9. The first-order valence-electron chi connectivity index (χ1n) is 7.68. The lowest BCUT2D eigenvalue weighted by Crippen LogP contribution is -2.45. The lowest BCUT2D eigenvalue weighted by atomic mass is 10.0. The largest absolute Gasteiger partial charge is 0.354 e. The third kappa shape index (κ3) is 7.61. The van der Waals surface area contributed by atoms with Gasteiger partial charge >= 0.3 is 0 Å². The fourth-order valence-electron chi connectivity index (χ4n) is 1.89. The molecule has 0 radical (unpaired) electrons. The number of nitrogens with one attached hydrogen (secondary N) is 3. The fourth-order valence-corrected chi connectivity index (χ4v) is 1.89. The molecular weight excluding hydrogens is 278 g/mol. The van der Waals surface area contributed by atoms with Gasteiger partial charge in [-0.1, -0.05) is 13.8 Å². The summed E-state index contributed by atoms with van der Waals surface area (Å²) in [6, 6.07) is 3.89. The Morgan fingerprint density at radius 2 is 2.09 bits per heavy atom. The van der Waals surface area contributed by atoms with Gasteiger partial charge in [0.2, 0.25) is 5.91 Å². The second-order valence-electron chi connectivity index (χ2n) is 5.73. The Balaban J connectivity index is 2.33. The van der Waals surface area contributed by atoms with Crippen LogP contribution in [0.3, 0.4) is 0 Å². The molecular formula is C16H27N5O. The van der Waals surface area contributed by atoms with Crippen molar-refractivity contribution in [1.29, 1.82) is 0 Å². The molecule has 122 valence electrons. The Hall–Kier alpha value is -2.11. The van der Waals surface area contributed by atoms with Gasteiger partial charge in [0.05, 0.1) is 18.4 Å². The third-order valence-corrected chi connectivity index (χ3v) is 3.15. The molecule has 0 spiro atoms. The van der Waals surface area contributed by atoms with Crippen LogP contribution in [0.25, 0.3) is 0 Å². The summed E-state index contributed by atoms with van der Waals surface area (Å²) in [7, 11) is 1.70. The van der Waals surface area contributed by atoms with Crippen molar-refractivity contribution in [3.8, 4) is 0 Å². The number of rotatable bonds is 7. The Bertz CT molecular complexity index is 473. The maximum absolute atomic E-state index is 11.8. The smallest absolute Gasteiger partial charge is 0.243 e. The molecule has 0 aromatic carbocycles. The van der Waals surface area contributed by atoms with Crippen LogP contribution in [0.4, 0.5) is 5.69 Å². The summed E-state index contributed by atoms with van der Waals surface area (Å²) >= 11 is 0. The van der Waals surface area contributed by atoms with Crippen LogP contribution in [-0.2, 0) is 4.79 Å². The highest BCUT2D eigenvalue weighted by Crippen LogP contribution is 2.06. The number of aromatic nitrogens is 1. The maximum atomic E-state index is 11.8. The zero-order chi connectivity index (χ0) is 16.4. The van der Waals surface area contributed by atoms with Crippen LogP contribution in [0, 0.1) is 5.92 Å². The molecule has 1 amide bonds. The molecule has 3 N–H and O–H groups in total. The van der Waals surface area contributed by atoms with E-state index in [0.29, 0.717) is 23.6 Å². The van der Waals surface area contributed by atoms with Crippen molar-refractivity contribution in [2.75, 3.05) is 18.9 Å². The van der Waals surface area contributed by atoms with Crippen molar-refractivity contribution >= 4 is 17.6 Å². The number of carbonyl (C=O) groups is 1. The van der Waals surface area contributed by atoms with Crippen molar-refractivity contribution in [3.63, 3.8) is 0 Å². The summed E-state index contributed by atoms with van der Waals surface area (Å²) in [5.74, 6) is 1.19. The van der Waals surface area contributed by atoms with Crippen molar-refractivity contribution in [1.82, 2.24) is 15.6 Å². The summed E-state index contributed by atoms with van der Waals surface area (Å²) in [5, 5.41) is 9.07. The van der Waals surface area contributed by atoms with Crippen molar-refractivity contribution in [2.24, 2.45) is 10.9 Å². The van der Waals surface area contributed by atoms with E-state index in [2.05, 4.69) is 46.7 Å². The molecule has 1 rings (SSSR count). The van der Waals surface area contributed by atoms with E-state index in [-0.39, 0.29) is 12.5 Å². The standard InChI is InChI=1S/C16H27N5O/c1-12(2)7-8-13(3)20-16(17-4)19-11-15(22)21-14-6-5-9-18-10-14/h5-6,9-10,12-13H,7-8,11H2,1-4H3,(H,21,22)(H2,17,19,20). The van der Waals surface area contributed by atoms with Crippen LogP contribution in [0.5, 0.6) is 0 Å². The van der Waals surface area contributed by atoms with Crippen LogP contribution < -0.4 is 16.0 Å². The van der Waals surface area contributed by atoms with Crippen molar-refractivity contribution in [3.05, 3.63) is 24.5 Å². The summed E-state index contributed by atoms with van der Waals surface area (Å²) in [6.07, 6.45) is 5.50. The summed E-state index contributed by atoms with van der Waals surface area (Å²) in [5.41, 5.74) is 0.683. The molecule has 22 heavy (non-hydrogen) atoms. The van der Waals surface area contributed by atoms with Gasteiger partial charge in [-0.05, 0) is 37.8 Å². The highest BCUT2D eigenvalue weighted by atomic mass is 16.1. The summed E-state index contributed by atoms with van der Waals surface area (Å²) < 4.78 is 0. The van der Waals surface area contributed by atoms with Gasteiger partial charge in [-0.3, -0.25) is 14.8 Å². The van der Waals surface area contributed by atoms with Crippen molar-refractivity contribution < 1.29 is 4.79 Å². The number of pyridine rings is 1. The molecule has 6 nitrogen and oxygen atoms in total. The number of amides is 1. The van der Waals surface area contributed by atoms with Gasteiger partial charge in [0, 0.05) is 19.3 Å². The Morgan fingerprint density at radius 1 is 1.32 bits per heavy atom. The number of carbonyl (C=O) groups excluding carboxylic acids is 1. The van der Waals surface area contributed by atoms with Gasteiger partial charge in [-0.25, -0.2) is 0 Å². The van der Waals surface area contributed by atoms with Crippen LogP contribution in [0.2, 0.25) is 0 Å². The SMILES string of the molecule is CN=C(NCC(=O)Nc1cccnc1)NC(C)CCC(C)C. The number of anilines is 1. The first-order valence-corrected chi connectivity index (χ1v) is 7.68. The average Bonchev–Trinajstić information content (AvgIpc) is 2.50. The van der Waals surface area contributed by atoms with Gasteiger partial charge in [0.15, 0.2) is 5.96 Å². The van der Waals surface area contributed by atoms with Gasteiger partial charge in [0.1, 0.15) is 0 Å². The van der Waals surface area contributed by atoms with Crippen LogP contribution in [0.1, 0.15) is 33.6 Å². The lowest BCUT2D eigenvalue weighted by molar-refractivity contribution is -0.115. The molecule has 0 saturated carbocycles. The molecule has 1 unspecified atom stereocenters. The topological polar surface area (TPSA) is 78.4 Å². The minimum Gasteiger partial charge on any atom is -0.354 e. The summed E-state index contributed by atoms with van der Waals surface area (Å²) in [4.78, 5) is 19.9. The van der Waals surface area contributed by atoms with Gasteiger partial charge < -0.3 is 16.0 Å². The minimum atomic E-state index is -0.134. The Kier molecular flexibility index (Phi) is 7.96. The minimum absolute atomic E-state index is 0.134. The van der Waals surface area contributed by atoms with Crippen molar-refractivity contribution in [2.45, 2.75) is 39.7 Å². The Morgan fingerprint density at radius 3 is 2.68 bits per heavy atom. The number of nitrogens with zero attached hydrogens (tertiary/aromatic N) is 2. The Labute approximate surface area is 132 Å². The molecule has 0 fully saturated rings. The van der Waals surface area contributed by atoms with E-state index in [1.807, 2.05) is 0 Å².